The summed E-state index contributed by atoms with van der Waals surface area (Å²) in [6, 6.07) is 13.0. The maximum Gasteiger partial charge on any atom is 0.238 e. The standard InChI is InChI=1S/C20H26N2O4/c1-5-22(13-15-12-16(24-2)10-11-18(15)25-3)14-20(23)21-17-8-6-7-9-19(17)26-4/h6-12H,5,13-14H2,1-4H3,(H,21,23). The average Bonchev–Trinajstić information content (AvgIpc) is 2.67. The maximum atomic E-state index is 12.5. The molecule has 2 rings (SSSR count). The minimum atomic E-state index is -0.0989. The molecule has 0 aliphatic rings. The molecule has 0 saturated carbocycles. The number of carbonyl (C=O) groups is 1. The molecule has 2 aromatic carbocycles. The Hall–Kier alpha value is -2.73. The van der Waals surface area contributed by atoms with Crippen LogP contribution in [0, 0.1) is 0 Å². The number of anilines is 1. The Morgan fingerprint density at radius 2 is 1.73 bits per heavy atom. The lowest BCUT2D eigenvalue weighted by Crippen LogP contribution is -2.33. The van der Waals surface area contributed by atoms with Crippen molar-refractivity contribution >= 4 is 11.6 Å². The molecule has 140 valence electrons. The third-order valence-corrected chi connectivity index (χ3v) is 4.08. The van der Waals surface area contributed by atoms with Crippen LogP contribution in [0.15, 0.2) is 42.5 Å². The van der Waals surface area contributed by atoms with Crippen molar-refractivity contribution in [2.75, 3.05) is 39.7 Å². The first-order valence-corrected chi connectivity index (χ1v) is 8.47. The topological polar surface area (TPSA) is 60.0 Å². The Bertz CT molecular complexity index is 734. The molecule has 0 radical (unpaired) electrons. The molecule has 26 heavy (non-hydrogen) atoms. The molecule has 1 amide bonds. The molecule has 0 bridgehead atoms. The number of hydrogen-bond donors (Lipinski definition) is 1. The molecule has 0 saturated heterocycles. The molecule has 0 atom stereocenters. The van der Waals surface area contributed by atoms with Gasteiger partial charge in [0.25, 0.3) is 0 Å². The predicted molar refractivity (Wildman–Crippen MR) is 102 cm³/mol. The second-order valence-corrected chi connectivity index (χ2v) is 5.73. The van der Waals surface area contributed by atoms with Gasteiger partial charge in [-0.3, -0.25) is 9.69 Å². The summed E-state index contributed by atoms with van der Waals surface area (Å²) in [4.78, 5) is 14.5. The lowest BCUT2D eigenvalue weighted by molar-refractivity contribution is -0.117. The summed E-state index contributed by atoms with van der Waals surface area (Å²) in [7, 11) is 4.85. The van der Waals surface area contributed by atoms with Crippen LogP contribution in [-0.2, 0) is 11.3 Å². The van der Waals surface area contributed by atoms with Gasteiger partial charge >= 0.3 is 0 Å². The SMILES string of the molecule is CCN(CC(=O)Nc1ccccc1OC)Cc1cc(OC)ccc1OC. The zero-order valence-electron chi connectivity index (χ0n) is 15.7. The number of benzene rings is 2. The summed E-state index contributed by atoms with van der Waals surface area (Å²) in [6.45, 7) is 3.58. The number of nitrogens with zero attached hydrogens (tertiary/aromatic N) is 1. The second-order valence-electron chi connectivity index (χ2n) is 5.73. The van der Waals surface area contributed by atoms with Crippen LogP contribution in [0.5, 0.6) is 17.2 Å². The van der Waals surface area contributed by atoms with E-state index in [0.29, 0.717) is 18.0 Å². The zero-order chi connectivity index (χ0) is 18.9. The van der Waals surface area contributed by atoms with Gasteiger partial charge in [-0.15, -0.1) is 0 Å². The number of ether oxygens (including phenoxy) is 3. The van der Waals surface area contributed by atoms with E-state index in [4.69, 9.17) is 14.2 Å². The minimum Gasteiger partial charge on any atom is -0.497 e. The Morgan fingerprint density at radius 1 is 1.00 bits per heavy atom. The Morgan fingerprint density at radius 3 is 2.38 bits per heavy atom. The van der Waals surface area contributed by atoms with E-state index in [9.17, 15) is 4.79 Å². The number of likely N-dealkylation sites (N-methyl/N-ethyl adjacent to an activating group) is 1. The first-order chi connectivity index (χ1) is 12.6. The van der Waals surface area contributed by atoms with Gasteiger partial charge in [0.05, 0.1) is 33.6 Å². The van der Waals surface area contributed by atoms with Crippen LogP contribution in [0.2, 0.25) is 0 Å². The Kier molecular flexibility index (Phi) is 7.29. The molecule has 0 aromatic heterocycles. The van der Waals surface area contributed by atoms with E-state index < -0.39 is 0 Å². The molecule has 0 unspecified atom stereocenters. The van der Waals surface area contributed by atoms with E-state index in [0.717, 1.165) is 23.6 Å². The van der Waals surface area contributed by atoms with E-state index in [1.165, 1.54) is 0 Å². The molecule has 0 fully saturated rings. The Labute approximate surface area is 154 Å². The third kappa shape index (κ3) is 5.13. The highest BCUT2D eigenvalue weighted by Crippen LogP contribution is 2.26. The van der Waals surface area contributed by atoms with Crippen LogP contribution < -0.4 is 19.5 Å². The molecule has 1 N–H and O–H groups in total. The van der Waals surface area contributed by atoms with Gasteiger partial charge in [-0.1, -0.05) is 19.1 Å². The van der Waals surface area contributed by atoms with Gasteiger partial charge < -0.3 is 19.5 Å². The van der Waals surface area contributed by atoms with Gasteiger partial charge in [-0.25, -0.2) is 0 Å². The van der Waals surface area contributed by atoms with Gasteiger partial charge in [0.2, 0.25) is 5.91 Å². The summed E-state index contributed by atoms with van der Waals surface area (Å²) < 4.78 is 16.0. The van der Waals surface area contributed by atoms with Crippen LogP contribution in [0.1, 0.15) is 12.5 Å². The fourth-order valence-corrected chi connectivity index (χ4v) is 2.67. The summed E-state index contributed by atoms with van der Waals surface area (Å²) >= 11 is 0. The fraction of sp³-hybridized carbons (Fsp3) is 0.350. The van der Waals surface area contributed by atoms with E-state index in [1.54, 1.807) is 21.3 Å². The van der Waals surface area contributed by atoms with E-state index in [-0.39, 0.29) is 12.5 Å². The van der Waals surface area contributed by atoms with E-state index in [1.807, 2.05) is 54.3 Å². The third-order valence-electron chi connectivity index (χ3n) is 4.08. The van der Waals surface area contributed by atoms with Crippen LogP contribution in [0.3, 0.4) is 0 Å². The largest absolute Gasteiger partial charge is 0.497 e. The number of hydrogen-bond acceptors (Lipinski definition) is 5. The minimum absolute atomic E-state index is 0.0989. The van der Waals surface area contributed by atoms with Gasteiger partial charge in [0.1, 0.15) is 17.2 Å². The summed E-state index contributed by atoms with van der Waals surface area (Å²) in [6.07, 6.45) is 0. The van der Waals surface area contributed by atoms with Gasteiger partial charge in [-0.05, 0) is 36.9 Å². The summed E-state index contributed by atoms with van der Waals surface area (Å²) in [5, 5.41) is 2.90. The first-order valence-electron chi connectivity index (χ1n) is 8.47. The number of rotatable bonds is 9. The van der Waals surface area contributed by atoms with Crippen molar-refractivity contribution in [3.05, 3.63) is 48.0 Å². The molecule has 0 spiro atoms. The second kappa shape index (κ2) is 9.68. The normalized spacial score (nSPS) is 10.5. The number of amides is 1. The lowest BCUT2D eigenvalue weighted by Gasteiger charge is -2.22. The van der Waals surface area contributed by atoms with E-state index in [2.05, 4.69) is 5.32 Å². The van der Waals surface area contributed by atoms with E-state index >= 15 is 0 Å². The molecular weight excluding hydrogens is 332 g/mol. The molecule has 0 heterocycles. The van der Waals surface area contributed by atoms with Crippen molar-refractivity contribution in [3.63, 3.8) is 0 Å². The number of methoxy groups -OCH3 is 3. The number of nitrogens with one attached hydrogen (secondary N) is 1. The monoisotopic (exact) mass is 358 g/mol. The Balaban J connectivity index is 2.06. The highest BCUT2D eigenvalue weighted by atomic mass is 16.5. The number of carbonyl (C=O) groups excluding carboxylic acids is 1. The van der Waals surface area contributed by atoms with Crippen molar-refractivity contribution in [3.8, 4) is 17.2 Å². The van der Waals surface area contributed by atoms with Crippen molar-refractivity contribution in [2.24, 2.45) is 0 Å². The van der Waals surface area contributed by atoms with Crippen molar-refractivity contribution in [2.45, 2.75) is 13.5 Å². The molecule has 2 aromatic rings. The van der Waals surface area contributed by atoms with Gasteiger partial charge in [0.15, 0.2) is 0 Å². The van der Waals surface area contributed by atoms with Gasteiger partial charge in [0, 0.05) is 12.1 Å². The fourth-order valence-electron chi connectivity index (χ4n) is 2.67. The number of para-hydroxylation sites is 2. The van der Waals surface area contributed by atoms with Crippen LogP contribution in [0.4, 0.5) is 5.69 Å². The van der Waals surface area contributed by atoms with Crippen molar-refractivity contribution in [1.29, 1.82) is 0 Å². The van der Waals surface area contributed by atoms with Crippen LogP contribution in [0.25, 0.3) is 0 Å². The highest BCUT2D eigenvalue weighted by molar-refractivity contribution is 5.93. The molecule has 0 aliphatic carbocycles. The summed E-state index contributed by atoms with van der Waals surface area (Å²) in [5.41, 5.74) is 1.63. The van der Waals surface area contributed by atoms with Crippen molar-refractivity contribution in [1.82, 2.24) is 4.90 Å². The first kappa shape index (κ1) is 19.6. The van der Waals surface area contributed by atoms with Gasteiger partial charge in [-0.2, -0.15) is 0 Å². The zero-order valence-corrected chi connectivity index (χ0v) is 15.7. The predicted octanol–water partition coefficient (Wildman–Crippen LogP) is 3.17. The average molecular weight is 358 g/mol. The summed E-state index contributed by atoms with van der Waals surface area (Å²) in [5.74, 6) is 2.07. The molecular formula is C20H26N2O4. The molecule has 6 heteroatoms. The highest BCUT2D eigenvalue weighted by Gasteiger charge is 2.14. The smallest absolute Gasteiger partial charge is 0.238 e. The van der Waals surface area contributed by atoms with Crippen molar-refractivity contribution < 1.29 is 19.0 Å². The molecule has 0 aliphatic heterocycles. The van der Waals surface area contributed by atoms with Crippen LogP contribution in [-0.4, -0.2) is 45.2 Å². The quantitative estimate of drug-likeness (QED) is 0.746. The van der Waals surface area contributed by atoms with Crippen LogP contribution >= 0.6 is 0 Å². The lowest BCUT2D eigenvalue weighted by atomic mass is 10.1. The molecule has 6 nitrogen and oxygen atoms in total. The maximum absolute atomic E-state index is 12.5.